The van der Waals surface area contributed by atoms with E-state index in [0.29, 0.717) is 11.6 Å². The topological polar surface area (TPSA) is 60.0 Å². The van der Waals surface area contributed by atoms with Gasteiger partial charge in [-0.1, -0.05) is 6.07 Å². The van der Waals surface area contributed by atoms with Crippen molar-refractivity contribution in [3.8, 4) is 11.1 Å². The largest absolute Gasteiger partial charge is 0.323 e. The van der Waals surface area contributed by atoms with Crippen LogP contribution in [0.4, 0.5) is 16.0 Å². The zero-order chi connectivity index (χ0) is 19.3. The number of benzene rings is 2. The summed E-state index contributed by atoms with van der Waals surface area (Å²) in [4.78, 5) is 4.66. The number of halogens is 1. The fraction of sp³-hybridized carbons (Fsp3) is 0.0952. The lowest BCUT2D eigenvalue weighted by Crippen LogP contribution is -1.93. The van der Waals surface area contributed by atoms with Crippen molar-refractivity contribution in [3.63, 3.8) is 0 Å². The molecular weight excluding hydrogens is 355 g/mol. The number of hydrogen-bond donors (Lipinski definition) is 1. The average Bonchev–Trinajstić information content (AvgIpc) is 3.25. The summed E-state index contributed by atoms with van der Waals surface area (Å²) in [7, 11) is 1.91. The number of anilines is 2. The van der Waals surface area contributed by atoms with E-state index in [9.17, 15) is 4.39 Å². The summed E-state index contributed by atoms with van der Waals surface area (Å²) in [5.74, 6) is 0.248. The van der Waals surface area contributed by atoms with Gasteiger partial charge in [0.05, 0.1) is 11.7 Å². The summed E-state index contributed by atoms with van der Waals surface area (Å²) >= 11 is 0. The molecule has 6 nitrogen and oxygen atoms in total. The van der Waals surface area contributed by atoms with E-state index in [4.69, 9.17) is 0 Å². The summed E-state index contributed by atoms with van der Waals surface area (Å²) in [6.45, 7) is 1.89. The van der Waals surface area contributed by atoms with Crippen molar-refractivity contribution in [2.75, 3.05) is 5.32 Å². The van der Waals surface area contributed by atoms with Crippen LogP contribution in [-0.4, -0.2) is 24.4 Å². The zero-order valence-corrected chi connectivity index (χ0v) is 15.4. The van der Waals surface area contributed by atoms with Gasteiger partial charge in [-0.3, -0.25) is 4.68 Å². The maximum Gasteiger partial charge on any atom is 0.247 e. The first-order valence-corrected chi connectivity index (χ1v) is 8.89. The van der Waals surface area contributed by atoms with Gasteiger partial charge in [0.1, 0.15) is 5.82 Å². The molecule has 5 aromatic rings. The lowest BCUT2D eigenvalue weighted by molar-refractivity contribution is 0.627. The third-order valence-electron chi connectivity index (χ3n) is 4.84. The van der Waals surface area contributed by atoms with Crippen LogP contribution in [0.15, 0.2) is 60.9 Å². The predicted octanol–water partition coefficient (Wildman–Crippen LogP) is 4.47. The highest BCUT2D eigenvalue weighted by atomic mass is 19.1. The number of fused-ring (bicyclic) bond motifs is 2. The van der Waals surface area contributed by atoms with Gasteiger partial charge < -0.3 is 5.32 Å². The molecule has 0 radical (unpaired) electrons. The van der Waals surface area contributed by atoms with Gasteiger partial charge in [0.15, 0.2) is 5.65 Å². The van der Waals surface area contributed by atoms with Crippen LogP contribution >= 0.6 is 0 Å². The second kappa shape index (κ2) is 6.16. The molecule has 0 aliphatic heterocycles. The second-order valence-electron chi connectivity index (χ2n) is 6.75. The van der Waals surface area contributed by atoms with E-state index >= 15 is 0 Å². The number of aromatic nitrogens is 5. The van der Waals surface area contributed by atoms with Crippen LogP contribution in [0.3, 0.4) is 0 Å². The van der Waals surface area contributed by atoms with E-state index in [1.807, 2.05) is 61.4 Å². The van der Waals surface area contributed by atoms with Crippen molar-refractivity contribution in [1.29, 1.82) is 0 Å². The van der Waals surface area contributed by atoms with Gasteiger partial charge in [-0.2, -0.15) is 10.1 Å². The van der Waals surface area contributed by atoms with Crippen LogP contribution < -0.4 is 5.32 Å². The van der Waals surface area contributed by atoms with Gasteiger partial charge in [-0.25, -0.2) is 8.91 Å². The third kappa shape index (κ3) is 2.68. The molecule has 3 heterocycles. The van der Waals surface area contributed by atoms with Crippen LogP contribution in [0.1, 0.15) is 5.56 Å². The highest BCUT2D eigenvalue weighted by molar-refractivity contribution is 5.84. The quantitative estimate of drug-likeness (QED) is 0.507. The zero-order valence-electron chi connectivity index (χ0n) is 15.4. The highest BCUT2D eigenvalue weighted by Crippen LogP contribution is 2.28. The van der Waals surface area contributed by atoms with Gasteiger partial charge in [-0.15, -0.1) is 5.10 Å². The highest BCUT2D eigenvalue weighted by Gasteiger charge is 2.12. The molecule has 0 spiro atoms. The summed E-state index contributed by atoms with van der Waals surface area (Å²) in [6.07, 6.45) is 3.67. The van der Waals surface area contributed by atoms with Crippen molar-refractivity contribution in [3.05, 3.63) is 72.3 Å². The molecule has 138 valence electrons. The van der Waals surface area contributed by atoms with Crippen LogP contribution in [-0.2, 0) is 7.05 Å². The van der Waals surface area contributed by atoms with Crippen molar-refractivity contribution in [2.24, 2.45) is 7.05 Å². The van der Waals surface area contributed by atoms with E-state index < -0.39 is 0 Å². The number of hydrogen-bond acceptors (Lipinski definition) is 4. The Balaban J connectivity index is 1.56. The Hall–Kier alpha value is -3.74. The number of pyridine rings is 1. The fourth-order valence-electron chi connectivity index (χ4n) is 3.47. The molecule has 28 heavy (non-hydrogen) atoms. The molecule has 0 atom stereocenters. The van der Waals surface area contributed by atoms with Gasteiger partial charge in [0, 0.05) is 29.9 Å². The van der Waals surface area contributed by atoms with E-state index in [1.165, 1.54) is 12.1 Å². The van der Waals surface area contributed by atoms with Crippen molar-refractivity contribution >= 4 is 28.2 Å². The van der Waals surface area contributed by atoms with Crippen LogP contribution in [0.2, 0.25) is 0 Å². The average molecular weight is 372 g/mol. The molecule has 7 heteroatoms. The number of nitrogens with zero attached hydrogens (tertiary/aromatic N) is 5. The first-order valence-electron chi connectivity index (χ1n) is 8.89. The van der Waals surface area contributed by atoms with Gasteiger partial charge in [0.2, 0.25) is 5.95 Å². The predicted molar refractivity (Wildman–Crippen MR) is 107 cm³/mol. The summed E-state index contributed by atoms with van der Waals surface area (Å²) in [5.41, 5.74) is 5.35. The van der Waals surface area contributed by atoms with Crippen molar-refractivity contribution in [1.82, 2.24) is 24.4 Å². The maximum absolute atomic E-state index is 13.5. The molecule has 0 saturated carbocycles. The Morgan fingerprint density at radius 2 is 1.93 bits per heavy atom. The van der Waals surface area contributed by atoms with Crippen LogP contribution in [0.25, 0.3) is 27.7 Å². The van der Waals surface area contributed by atoms with Crippen LogP contribution in [0.5, 0.6) is 0 Å². The van der Waals surface area contributed by atoms with Crippen LogP contribution in [0, 0.1) is 12.7 Å². The van der Waals surface area contributed by atoms with Gasteiger partial charge in [-0.05, 0) is 60.5 Å². The molecule has 0 bridgehead atoms. The van der Waals surface area contributed by atoms with E-state index in [1.54, 1.807) is 10.6 Å². The van der Waals surface area contributed by atoms with Gasteiger partial charge in [0.25, 0.3) is 0 Å². The monoisotopic (exact) mass is 372 g/mol. The van der Waals surface area contributed by atoms with E-state index in [-0.39, 0.29) is 5.82 Å². The molecule has 0 fully saturated rings. The molecule has 1 N–H and O–H groups in total. The van der Waals surface area contributed by atoms with Crippen molar-refractivity contribution in [2.45, 2.75) is 6.92 Å². The molecule has 5 rings (SSSR count). The minimum absolute atomic E-state index is 0.247. The molecular formula is C21H17FN6. The lowest BCUT2D eigenvalue weighted by Gasteiger charge is -2.06. The van der Waals surface area contributed by atoms with E-state index in [0.717, 1.165) is 33.3 Å². The first kappa shape index (κ1) is 16.4. The Morgan fingerprint density at radius 1 is 1.04 bits per heavy atom. The molecule has 0 amide bonds. The maximum atomic E-state index is 13.5. The Labute approximate surface area is 160 Å². The molecule has 0 saturated heterocycles. The summed E-state index contributed by atoms with van der Waals surface area (Å²) < 4.78 is 17.0. The minimum atomic E-state index is -0.247. The smallest absolute Gasteiger partial charge is 0.247 e. The SMILES string of the molecule is Cc1cc(F)ccc1-c1cccn2nc(Nc3ccc4c(cnn4C)c3)nc12. The fourth-order valence-corrected chi connectivity index (χ4v) is 3.47. The standard InChI is InChI=1S/C21H17FN6/c1-13-10-15(22)5-7-17(13)18-4-3-9-28-20(18)25-21(26-28)24-16-6-8-19-14(11-16)12-23-27(19)2/h3-12H,1-2H3,(H,24,26). The molecule has 0 unspecified atom stereocenters. The molecule has 0 aliphatic carbocycles. The first-order chi connectivity index (χ1) is 13.6. The third-order valence-corrected chi connectivity index (χ3v) is 4.84. The Kier molecular flexibility index (Phi) is 3.61. The normalized spacial score (nSPS) is 11.4. The molecule has 0 aliphatic rings. The summed E-state index contributed by atoms with van der Waals surface area (Å²) in [5, 5.41) is 13.1. The second-order valence-corrected chi connectivity index (χ2v) is 6.75. The molecule has 3 aromatic heterocycles. The number of aryl methyl sites for hydroxylation is 2. The van der Waals surface area contributed by atoms with Crippen molar-refractivity contribution < 1.29 is 4.39 Å². The van der Waals surface area contributed by atoms with Gasteiger partial charge >= 0.3 is 0 Å². The molecule has 2 aromatic carbocycles. The minimum Gasteiger partial charge on any atom is -0.323 e. The Morgan fingerprint density at radius 3 is 2.79 bits per heavy atom. The number of nitrogens with one attached hydrogen (secondary N) is 1. The van der Waals surface area contributed by atoms with E-state index in [2.05, 4.69) is 20.5 Å². The summed E-state index contributed by atoms with van der Waals surface area (Å²) in [6, 6.07) is 14.6. The number of rotatable bonds is 3. The lowest BCUT2D eigenvalue weighted by atomic mass is 10.0. The Bertz CT molecular complexity index is 1330.